The fourth-order valence-corrected chi connectivity index (χ4v) is 5.21. The third-order valence-electron chi connectivity index (χ3n) is 3.62. The van der Waals surface area contributed by atoms with Crippen molar-refractivity contribution in [3.8, 4) is 0 Å². The summed E-state index contributed by atoms with van der Waals surface area (Å²) in [4.78, 5) is 14.1. The van der Waals surface area contributed by atoms with Crippen LogP contribution >= 0.6 is 11.3 Å². The van der Waals surface area contributed by atoms with E-state index in [-0.39, 0.29) is 5.91 Å². The second-order valence-electron chi connectivity index (χ2n) is 5.07. The molecule has 0 aromatic carbocycles. The summed E-state index contributed by atoms with van der Waals surface area (Å²) in [7, 11) is -0.0178. The molecule has 0 radical (unpaired) electrons. The van der Waals surface area contributed by atoms with Crippen LogP contribution in [0.5, 0.6) is 0 Å². The summed E-state index contributed by atoms with van der Waals surface area (Å²) in [5.74, 6) is -0.122. The number of thiophene rings is 1. The molecule has 1 amide bonds. The highest BCUT2D eigenvalue weighted by Crippen LogP contribution is 2.29. The summed E-state index contributed by atoms with van der Waals surface area (Å²) in [6.07, 6.45) is 1.31. The van der Waals surface area contributed by atoms with E-state index < -0.39 is 16.1 Å². The van der Waals surface area contributed by atoms with Crippen LogP contribution in [-0.4, -0.2) is 63.3 Å². The maximum atomic E-state index is 12.6. The van der Waals surface area contributed by atoms with Crippen LogP contribution in [0.15, 0.2) is 21.7 Å². The maximum Gasteiger partial charge on any atom is 0.253 e. The minimum atomic E-state index is -3.55. The number of hydrogen-bond acceptors (Lipinski definition) is 5. The van der Waals surface area contributed by atoms with E-state index >= 15 is 0 Å². The fraction of sp³-hybridized carbons (Fsp3) is 0.615. The highest BCUT2D eigenvalue weighted by Gasteiger charge is 2.40. The molecular weight excluding hydrogens is 310 g/mol. The predicted octanol–water partition coefficient (Wildman–Crippen LogP) is 0.579. The molecule has 21 heavy (non-hydrogen) atoms. The van der Waals surface area contributed by atoms with Crippen molar-refractivity contribution in [3.63, 3.8) is 0 Å². The number of hydrogen-bond donors (Lipinski definition) is 1. The Balaban J connectivity index is 2.15. The van der Waals surface area contributed by atoms with E-state index in [9.17, 15) is 13.2 Å². The van der Waals surface area contributed by atoms with Crippen LogP contribution in [0.1, 0.15) is 12.8 Å². The Bertz CT molecular complexity index is 571. The van der Waals surface area contributed by atoms with Crippen molar-refractivity contribution in [1.82, 2.24) is 14.5 Å². The van der Waals surface area contributed by atoms with Crippen LogP contribution in [0.4, 0.5) is 0 Å². The Hall–Kier alpha value is -0.960. The summed E-state index contributed by atoms with van der Waals surface area (Å²) in [5.41, 5.74) is 0. The van der Waals surface area contributed by atoms with E-state index in [0.29, 0.717) is 30.3 Å². The highest BCUT2D eigenvalue weighted by atomic mass is 32.2. The van der Waals surface area contributed by atoms with Crippen LogP contribution in [0.2, 0.25) is 0 Å². The number of carbonyl (C=O) groups excluding carboxylic acids is 1. The lowest BCUT2D eigenvalue weighted by Crippen LogP contribution is -2.47. The van der Waals surface area contributed by atoms with Crippen molar-refractivity contribution < 1.29 is 13.2 Å². The lowest BCUT2D eigenvalue weighted by molar-refractivity contribution is -0.133. The van der Waals surface area contributed by atoms with Gasteiger partial charge in [-0.3, -0.25) is 4.79 Å². The van der Waals surface area contributed by atoms with Crippen molar-refractivity contribution in [1.29, 1.82) is 0 Å². The molecule has 1 aromatic heterocycles. The Labute approximate surface area is 129 Å². The molecular formula is C13H21N3O3S2. The molecule has 0 bridgehead atoms. The van der Waals surface area contributed by atoms with Crippen LogP contribution in [-0.2, 0) is 14.8 Å². The van der Waals surface area contributed by atoms with Gasteiger partial charge in [-0.05, 0) is 31.3 Å². The van der Waals surface area contributed by atoms with Gasteiger partial charge in [0.25, 0.3) is 10.0 Å². The SMILES string of the molecule is CNCCN(C)C(=O)C1CCCN1S(=O)(=O)c1cccs1. The van der Waals surface area contributed by atoms with Crippen LogP contribution in [0, 0.1) is 0 Å². The van der Waals surface area contributed by atoms with Crippen molar-refractivity contribution in [2.24, 2.45) is 0 Å². The molecule has 6 nitrogen and oxygen atoms in total. The lowest BCUT2D eigenvalue weighted by atomic mass is 10.2. The predicted molar refractivity (Wildman–Crippen MR) is 82.8 cm³/mol. The minimum absolute atomic E-state index is 0.122. The molecule has 8 heteroatoms. The molecule has 0 aliphatic carbocycles. The van der Waals surface area contributed by atoms with E-state index in [0.717, 1.165) is 6.42 Å². The van der Waals surface area contributed by atoms with Crippen LogP contribution < -0.4 is 5.32 Å². The first-order valence-corrected chi connectivity index (χ1v) is 9.25. The standard InChI is InChI=1S/C13H21N3O3S2/c1-14-7-9-15(2)13(17)11-5-3-8-16(11)21(18,19)12-6-4-10-20-12/h4,6,10-11,14H,3,5,7-9H2,1-2H3. The number of carbonyl (C=O) groups is 1. The summed E-state index contributed by atoms with van der Waals surface area (Å²) in [5, 5.41) is 4.72. The molecule has 118 valence electrons. The van der Waals surface area contributed by atoms with Gasteiger partial charge in [0.2, 0.25) is 5.91 Å². The Morgan fingerprint density at radius 1 is 1.57 bits per heavy atom. The molecule has 1 atom stereocenters. The van der Waals surface area contributed by atoms with Gasteiger partial charge in [0.1, 0.15) is 10.3 Å². The van der Waals surface area contributed by atoms with Crippen LogP contribution in [0.25, 0.3) is 0 Å². The van der Waals surface area contributed by atoms with Gasteiger partial charge in [-0.25, -0.2) is 8.42 Å². The molecule has 1 saturated heterocycles. The summed E-state index contributed by atoms with van der Waals surface area (Å²) < 4.78 is 26.9. The van der Waals surface area contributed by atoms with E-state index in [2.05, 4.69) is 5.32 Å². The zero-order valence-corrected chi connectivity index (χ0v) is 13.9. The van der Waals surface area contributed by atoms with Gasteiger partial charge in [0, 0.05) is 26.7 Å². The number of amides is 1. The summed E-state index contributed by atoms with van der Waals surface area (Å²) >= 11 is 1.19. The third kappa shape index (κ3) is 3.45. The van der Waals surface area contributed by atoms with E-state index in [1.807, 2.05) is 7.05 Å². The van der Waals surface area contributed by atoms with Gasteiger partial charge in [0.05, 0.1) is 0 Å². The van der Waals surface area contributed by atoms with Crippen LogP contribution in [0.3, 0.4) is 0 Å². The van der Waals surface area contributed by atoms with Gasteiger partial charge in [-0.1, -0.05) is 6.07 Å². The van der Waals surface area contributed by atoms with Crippen molar-refractivity contribution in [2.45, 2.75) is 23.1 Å². The van der Waals surface area contributed by atoms with E-state index in [1.54, 1.807) is 29.5 Å². The quantitative estimate of drug-likeness (QED) is 0.828. The highest BCUT2D eigenvalue weighted by molar-refractivity contribution is 7.91. The van der Waals surface area contributed by atoms with E-state index in [1.165, 1.54) is 15.6 Å². The summed E-state index contributed by atoms with van der Waals surface area (Å²) in [6, 6.07) is 2.73. The molecule has 2 rings (SSSR count). The van der Waals surface area contributed by atoms with Gasteiger partial charge in [0.15, 0.2) is 0 Å². The van der Waals surface area contributed by atoms with E-state index in [4.69, 9.17) is 0 Å². The second-order valence-corrected chi connectivity index (χ2v) is 8.13. The van der Waals surface area contributed by atoms with Gasteiger partial charge in [-0.2, -0.15) is 4.31 Å². The molecule has 1 aliphatic rings. The lowest BCUT2D eigenvalue weighted by Gasteiger charge is -2.27. The largest absolute Gasteiger partial charge is 0.343 e. The summed E-state index contributed by atoms with van der Waals surface area (Å²) in [6.45, 7) is 1.67. The van der Waals surface area contributed by atoms with Gasteiger partial charge < -0.3 is 10.2 Å². The molecule has 1 N–H and O–H groups in total. The Kier molecular flexibility index (Phi) is 5.37. The first-order valence-electron chi connectivity index (χ1n) is 6.93. The normalized spacial score (nSPS) is 19.8. The molecule has 0 saturated carbocycles. The molecule has 0 spiro atoms. The average molecular weight is 331 g/mol. The average Bonchev–Trinajstić information content (AvgIpc) is 3.13. The monoisotopic (exact) mass is 331 g/mol. The second kappa shape index (κ2) is 6.87. The molecule has 1 fully saturated rings. The number of nitrogens with one attached hydrogen (secondary N) is 1. The molecule has 1 aliphatic heterocycles. The number of likely N-dealkylation sites (N-methyl/N-ethyl adjacent to an activating group) is 2. The zero-order valence-electron chi connectivity index (χ0n) is 12.3. The topological polar surface area (TPSA) is 69.7 Å². The number of sulfonamides is 1. The number of nitrogens with zero attached hydrogens (tertiary/aromatic N) is 2. The fourth-order valence-electron chi connectivity index (χ4n) is 2.44. The van der Waals surface area contributed by atoms with Crippen molar-refractivity contribution in [3.05, 3.63) is 17.5 Å². The molecule has 1 aromatic rings. The zero-order chi connectivity index (χ0) is 15.5. The maximum absolute atomic E-state index is 12.6. The van der Waals surface area contributed by atoms with Crippen molar-refractivity contribution in [2.75, 3.05) is 33.7 Å². The van der Waals surface area contributed by atoms with Gasteiger partial charge in [-0.15, -0.1) is 11.3 Å². The first kappa shape index (κ1) is 16.4. The van der Waals surface area contributed by atoms with Gasteiger partial charge >= 0.3 is 0 Å². The Morgan fingerprint density at radius 3 is 2.95 bits per heavy atom. The first-order chi connectivity index (χ1) is 9.98. The number of rotatable bonds is 6. The minimum Gasteiger partial charge on any atom is -0.343 e. The third-order valence-corrected chi connectivity index (χ3v) is 6.90. The smallest absolute Gasteiger partial charge is 0.253 e. The molecule has 2 heterocycles. The molecule has 1 unspecified atom stereocenters. The van der Waals surface area contributed by atoms with Crippen molar-refractivity contribution >= 4 is 27.3 Å². The Morgan fingerprint density at radius 2 is 2.33 bits per heavy atom.